The average molecular weight is 242 g/mol. The largest absolute Gasteiger partial charge is 0.494 e. The molecule has 1 rings (SSSR count). The van der Waals surface area contributed by atoms with Crippen LogP contribution in [-0.4, -0.2) is 31.5 Å². The molecule has 0 bridgehead atoms. The highest BCUT2D eigenvalue weighted by molar-refractivity contribution is 5.20. The third kappa shape index (κ3) is 9.85. The minimum atomic E-state index is 0. The quantitative estimate of drug-likeness (QED) is 0.712. The highest BCUT2D eigenvalue weighted by Crippen LogP contribution is 2.08. The van der Waals surface area contributed by atoms with Gasteiger partial charge in [-0.15, -0.1) is 0 Å². The monoisotopic (exact) mass is 242 g/mol. The fourth-order valence-electron chi connectivity index (χ4n) is 1.14. The lowest BCUT2D eigenvalue weighted by molar-refractivity contribution is 0.104. The number of aliphatic hydroxyl groups excluding tert-OH is 1. The van der Waals surface area contributed by atoms with Gasteiger partial charge in [0.25, 0.3) is 0 Å². The maximum Gasteiger partial charge on any atom is 0.119 e. The molecule has 0 saturated carbocycles. The molecular formula is C14H26O3. The Morgan fingerprint density at radius 2 is 1.53 bits per heavy atom. The molecule has 17 heavy (non-hydrogen) atoms. The smallest absolute Gasteiger partial charge is 0.119 e. The van der Waals surface area contributed by atoms with E-state index in [0.29, 0.717) is 26.2 Å². The molecule has 0 saturated heterocycles. The second-order valence-electron chi connectivity index (χ2n) is 3.20. The van der Waals surface area contributed by atoms with E-state index in [1.165, 1.54) is 0 Å². The van der Waals surface area contributed by atoms with Gasteiger partial charge in [0.05, 0.1) is 6.61 Å². The first-order valence-corrected chi connectivity index (χ1v) is 5.30. The normalized spacial score (nSPS) is 9.00. The lowest BCUT2D eigenvalue weighted by Crippen LogP contribution is -2.04. The highest BCUT2D eigenvalue weighted by Gasteiger charge is 1.92. The van der Waals surface area contributed by atoms with Crippen molar-refractivity contribution in [2.45, 2.75) is 27.7 Å². The van der Waals surface area contributed by atoms with Gasteiger partial charge < -0.3 is 14.6 Å². The zero-order valence-corrected chi connectivity index (χ0v) is 8.89. The maximum absolute atomic E-state index is 8.51. The number of rotatable bonds is 8. The maximum atomic E-state index is 8.51. The number of hydrogen-bond donors (Lipinski definition) is 1. The number of para-hydroxylation sites is 1. The first-order valence-electron chi connectivity index (χ1n) is 5.30. The minimum Gasteiger partial charge on any atom is -0.494 e. The van der Waals surface area contributed by atoms with E-state index in [0.717, 1.165) is 12.2 Å². The van der Waals surface area contributed by atoms with Crippen LogP contribution < -0.4 is 4.74 Å². The third-order valence-electron chi connectivity index (χ3n) is 1.89. The summed E-state index contributed by atoms with van der Waals surface area (Å²) in [6.07, 6.45) is 1.58. The molecule has 1 aromatic rings. The van der Waals surface area contributed by atoms with Crippen molar-refractivity contribution in [2.24, 2.45) is 0 Å². The van der Waals surface area contributed by atoms with Crippen LogP contribution in [0.15, 0.2) is 30.3 Å². The molecule has 0 unspecified atom stereocenters. The van der Waals surface area contributed by atoms with Gasteiger partial charge in [0.15, 0.2) is 0 Å². The Morgan fingerprint density at radius 3 is 2.18 bits per heavy atom. The Kier molecular flexibility index (Phi) is 14.0. The van der Waals surface area contributed by atoms with Crippen LogP contribution in [-0.2, 0) is 4.74 Å². The molecule has 0 aliphatic carbocycles. The molecule has 0 aliphatic rings. The van der Waals surface area contributed by atoms with Crippen LogP contribution in [0.25, 0.3) is 0 Å². The Labute approximate surface area is 105 Å². The van der Waals surface area contributed by atoms with Crippen molar-refractivity contribution in [3.05, 3.63) is 30.3 Å². The SMILES string of the molecule is C.C.OCCCOCCCOc1ccccc1. The van der Waals surface area contributed by atoms with Gasteiger partial charge in [-0.05, 0) is 18.6 Å². The summed E-state index contributed by atoms with van der Waals surface area (Å²) in [5, 5.41) is 8.51. The van der Waals surface area contributed by atoms with Crippen molar-refractivity contribution in [1.29, 1.82) is 0 Å². The summed E-state index contributed by atoms with van der Waals surface area (Å²) in [5.41, 5.74) is 0. The first kappa shape index (κ1) is 18.3. The van der Waals surface area contributed by atoms with Crippen LogP contribution in [0.3, 0.4) is 0 Å². The number of ether oxygens (including phenoxy) is 2. The summed E-state index contributed by atoms with van der Waals surface area (Å²) in [7, 11) is 0. The molecule has 3 nitrogen and oxygen atoms in total. The van der Waals surface area contributed by atoms with E-state index >= 15 is 0 Å². The van der Waals surface area contributed by atoms with Gasteiger partial charge in [-0.3, -0.25) is 0 Å². The third-order valence-corrected chi connectivity index (χ3v) is 1.89. The van der Waals surface area contributed by atoms with Gasteiger partial charge in [0, 0.05) is 26.2 Å². The van der Waals surface area contributed by atoms with Gasteiger partial charge in [-0.2, -0.15) is 0 Å². The molecule has 3 heteroatoms. The predicted molar refractivity (Wildman–Crippen MR) is 72.5 cm³/mol. The standard InChI is InChI=1S/C12H18O3.2CH4/c13-8-4-9-14-10-5-11-15-12-6-2-1-3-7-12;;/h1-3,6-7,13H,4-5,8-11H2;2*1H4. The van der Waals surface area contributed by atoms with E-state index in [9.17, 15) is 0 Å². The second kappa shape index (κ2) is 13.0. The second-order valence-corrected chi connectivity index (χ2v) is 3.20. The summed E-state index contributed by atoms with van der Waals surface area (Å²) >= 11 is 0. The lowest BCUT2D eigenvalue weighted by atomic mass is 10.3. The van der Waals surface area contributed by atoms with Crippen molar-refractivity contribution >= 4 is 0 Å². The van der Waals surface area contributed by atoms with Crippen LogP contribution >= 0.6 is 0 Å². The first-order chi connectivity index (χ1) is 7.43. The summed E-state index contributed by atoms with van der Waals surface area (Å²) in [6.45, 7) is 2.18. The molecule has 1 aromatic carbocycles. The Bertz CT molecular complexity index is 236. The van der Waals surface area contributed by atoms with Crippen LogP contribution in [0, 0.1) is 0 Å². The summed E-state index contributed by atoms with van der Waals surface area (Å²) in [5.74, 6) is 0.896. The molecule has 0 fully saturated rings. The Morgan fingerprint density at radius 1 is 0.882 bits per heavy atom. The van der Waals surface area contributed by atoms with E-state index in [-0.39, 0.29) is 21.5 Å². The molecule has 1 N–H and O–H groups in total. The zero-order valence-electron chi connectivity index (χ0n) is 8.89. The molecule has 0 radical (unpaired) electrons. The molecule has 0 heterocycles. The van der Waals surface area contributed by atoms with Crippen LogP contribution in [0.4, 0.5) is 0 Å². The van der Waals surface area contributed by atoms with E-state index in [1.807, 2.05) is 30.3 Å². The Balaban J connectivity index is 0. The van der Waals surface area contributed by atoms with Crippen molar-refractivity contribution < 1.29 is 14.6 Å². The fourth-order valence-corrected chi connectivity index (χ4v) is 1.14. The van der Waals surface area contributed by atoms with E-state index < -0.39 is 0 Å². The summed E-state index contributed by atoms with van der Waals surface area (Å²) < 4.78 is 10.8. The van der Waals surface area contributed by atoms with Crippen LogP contribution in [0.1, 0.15) is 27.7 Å². The molecular weight excluding hydrogens is 216 g/mol. The molecule has 0 amide bonds. The van der Waals surface area contributed by atoms with Crippen molar-refractivity contribution in [3.8, 4) is 5.75 Å². The van der Waals surface area contributed by atoms with Crippen LogP contribution in [0.2, 0.25) is 0 Å². The average Bonchev–Trinajstić information content (AvgIpc) is 2.29. The molecule has 0 atom stereocenters. The van der Waals surface area contributed by atoms with Crippen LogP contribution in [0.5, 0.6) is 5.75 Å². The van der Waals surface area contributed by atoms with Crippen molar-refractivity contribution in [2.75, 3.05) is 26.4 Å². The van der Waals surface area contributed by atoms with Gasteiger partial charge in [-0.25, -0.2) is 0 Å². The molecule has 100 valence electrons. The lowest BCUT2D eigenvalue weighted by Gasteiger charge is -2.06. The summed E-state index contributed by atoms with van der Waals surface area (Å²) in [4.78, 5) is 0. The van der Waals surface area contributed by atoms with E-state index in [2.05, 4.69) is 0 Å². The van der Waals surface area contributed by atoms with Crippen molar-refractivity contribution in [1.82, 2.24) is 0 Å². The summed E-state index contributed by atoms with van der Waals surface area (Å²) in [6, 6.07) is 9.74. The molecule has 0 aliphatic heterocycles. The van der Waals surface area contributed by atoms with Gasteiger partial charge in [0.2, 0.25) is 0 Å². The topological polar surface area (TPSA) is 38.7 Å². The highest BCUT2D eigenvalue weighted by atomic mass is 16.5. The number of aliphatic hydroxyl groups is 1. The number of hydrogen-bond acceptors (Lipinski definition) is 3. The van der Waals surface area contributed by atoms with E-state index in [1.54, 1.807) is 0 Å². The van der Waals surface area contributed by atoms with Gasteiger partial charge >= 0.3 is 0 Å². The minimum absolute atomic E-state index is 0. The van der Waals surface area contributed by atoms with Gasteiger partial charge in [0.1, 0.15) is 5.75 Å². The van der Waals surface area contributed by atoms with Gasteiger partial charge in [-0.1, -0.05) is 33.1 Å². The zero-order chi connectivity index (χ0) is 10.8. The molecule has 0 spiro atoms. The fraction of sp³-hybridized carbons (Fsp3) is 0.571. The van der Waals surface area contributed by atoms with E-state index in [4.69, 9.17) is 14.6 Å². The van der Waals surface area contributed by atoms with Crippen molar-refractivity contribution in [3.63, 3.8) is 0 Å². The predicted octanol–water partition coefficient (Wildman–Crippen LogP) is 3.13. The molecule has 0 aromatic heterocycles. The number of benzene rings is 1. The Hall–Kier alpha value is -1.06.